The number of benzene rings is 1. The Morgan fingerprint density at radius 1 is 1.26 bits per heavy atom. The molecular formula is C18H17N3O4S2. The van der Waals surface area contributed by atoms with Crippen LogP contribution >= 0.6 is 11.3 Å². The summed E-state index contributed by atoms with van der Waals surface area (Å²) in [5, 5.41) is 3.14. The molecule has 9 heteroatoms. The van der Waals surface area contributed by atoms with E-state index in [1.165, 1.54) is 21.9 Å². The van der Waals surface area contributed by atoms with E-state index in [0.29, 0.717) is 18.1 Å². The standard InChI is InChI=1S/C18H17N3O4S2/c1-12-4-6-13(7-5-12)27(23,24)21-9-8-14-16(11-21)26-18(19-14)20-17(22)15-3-2-10-25-15/h2-7,10H,8-9,11H2,1H3,(H,19,20,22). The Labute approximate surface area is 160 Å². The molecule has 1 N–H and O–H groups in total. The quantitative estimate of drug-likeness (QED) is 0.723. The molecule has 27 heavy (non-hydrogen) atoms. The summed E-state index contributed by atoms with van der Waals surface area (Å²) in [5.41, 5.74) is 1.83. The lowest BCUT2D eigenvalue weighted by atomic mass is 10.2. The highest BCUT2D eigenvalue weighted by Crippen LogP contribution is 2.31. The molecule has 7 nitrogen and oxygen atoms in total. The molecular weight excluding hydrogens is 386 g/mol. The van der Waals surface area contributed by atoms with Gasteiger partial charge in [0.15, 0.2) is 10.9 Å². The molecule has 0 radical (unpaired) electrons. The Morgan fingerprint density at radius 3 is 2.74 bits per heavy atom. The van der Waals surface area contributed by atoms with E-state index in [2.05, 4.69) is 10.3 Å². The lowest BCUT2D eigenvalue weighted by Gasteiger charge is -2.25. The normalized spacial score (nSPS) is 14.7. The largest absolute Gasteiger partial charge is 0.459 e. The molecule has 1 amide bonds. The van der Waals surface area contributed by atoms with Crippen LogP contribution in [0.1, 0.15) is 26.7 Å². The van der Waals surface area contributed by atoms with E-state index >= 15 is 0 Å². The van der Waals surface area contributed by atoms with Crippen molar-refractivity contribution >= 4 is 32.4 Å². The summed E-state index contributed by atoms with van der Waals surface area (Å²) in [6, 6.07) is 10.0. The van der Waals surface area contributed by atoms with E-state index < -0.39 is 10.0 Å². The van der Waals surface area contributed by atoms with E-state index in [9.17, 15) is 13.2 Å². The average Bonchev–Trinajstić information content (AvgIpc) is 3.30. The van der Waals surface area contributed by atoms with E-state index in [4.69, 9.17) is 4.42 Å². The van der Waals surface area contributed by atoms with E-state index in [1.54, 1.807) is 36.4 Å². The number of hydrogen-bond donors (Lipinski definition) is 1. The number of anilines is 1. The van der Waals surface area contributed by atoms with Crippen molar-refractivity contribution in [1.29, 1.82) is 0 Å². The van der Waals surface area contributed by atoms with Crippen molar-refractivity contribution in [3.63, 3.8) is 0 Å². The molecule has 0 unspecified atom stereocenters. The number of nitrogens with zero attached hydrogens (tertiary/aromatic N) is 2. The Morgan fingerprint density at radius 2 is 2.04 bits per heavy atom. The van der Waals surface area contributed by atoms with Gasteiger partial charge < -0.3 is 4.42 Å². The summed E-state index contributed by atoms with van der Waals surface area (Å²) in [5.74, 6) is -0.179. The SMILES string of the molecule is Cc1ccc(S(=O)(=O)N2CCc3nc(NC(=O)c4ccco4)sc3C2)cc1. The first kappa shape index (κ1) is 17.9. The lowest BCUT2D eigenvalue weighted by molar-refractivity contribution is 0.0996. The topological polar surface area (TPSA) is 92.5 Å². The highest BCUT2D eigenvalue weighted by molar-refractivity contribution is 7.89. The van der Waals surface area contributed by atoms with Crippen LogP contribution in [0.2, 0.25) is 0 Å². The maximum absolute atomic E-state index is 12.9. The fourth-order valence-corrected chi connectivity index (χ4v) is 5.37. The molecule has 0 fully saturated rings. The number of aromatic nitrogens is 1. The van der Waals surface area contributed by atoms with Gasteiger partial charge in [0.1, 0.15) is 0 Å². The van der Waals surface area contributed by atoms with Gasteiger partial charge in [0.2, 0.25) is 10.0 Å². The minimum absolute atomic E-state index is 0.201. The van der Waals surface area contributed by atoms with Crippen molar-refractivity contribution in [2.45, 2.75) is 24.8 Å². The van der Waals surface area contributed by atoms with E-state index in [0.717, 1.165) is 16.1 Å². The van der Waals surface area contributed by atoms with Crippen LogP contribution in [-0.4, -0.2) is 30.2 Å². The molecule has 1 aliphatic rings. The van der Waals surface area contributed by atoms with Crippen LogP contribution < -0.4 is 5.32 Å². The number of rotatable bonds is 4. The maximum atomic E-state index is 12.9. The van der Waals surface area contributed by atoms with Crippen molar-refractivity contribution in [2.75, 3.05) is 11.9 Å². The third-order valence-electron chi connectivity index (χ3n) is 4.32. The molecule has 0 saturated heterocycles. The van der Waals surface area contributed by atoms with Crippen molar-refractivity contribution in [1.82, 2.24) is 9.29 Å². The van der Waals surface area contributed by atoms with E-state index in [-0.39, 0.29) is 23.1 Å². The number of fused-ring (bicyclic) bond motifs is 1. The van der Waals surface area contributed by atoms with Gasteiger partial charge in [0.25, 0.3) is 5.91 Å². The van der Waals surface area contributed by atoms with Gasteiger partial charge >= 0.3 is 0 Å². The van der Waals surface area contributed by atoms with Crippen molar-refractivity contribution in [3.8, 4) is 0 Å². The summed E-state index contributed by atoms with van der Waals surface area (Å²) in [6.07, 6.45) is 1.93. The molecule has 3 heterocycles. The van der Waals surface area contributed by atoms with Gasteiger partial charge in [0, 0.05) is 17.8 Å². The summed E-state index contributed by atoms with van der Waals surface area (Å²) in [4.78, 5) is 17.6. The third kappa shape index (κ3) is 3.53. The second-order valence-electron chi connectivity index (χ2n) is 6.22. The second kappa shape index (κ2) is 6.91. The number of sulfonamides is 1. The summed E-state index contributed by atoms with van der Waals surface area (Å²) in [7, 11) is -3.56. The number of amides is 1. The number of carbonyl (C=O) groups is 1. The average molecular weight is 403 g/mol. The fourth-order valence-electron chi connectivity index (χ4n) is 2.86. The molecule has 4 rings (SSSR count). The maximum Gasteiger partial charge on any atom is 0.293 e. The van der Waals surface area contributed by atoms with Crippen molar-refractivity contribution < 1.29 is 17.6 Å². The molecule has 0 saturated carbocycles. The first-order chi connectivity index (χ1) is 12.9. The number of aryl methyl sites for hydroxylation is 1. The van der Waals surface area contributed by atoms with Gasteiger partial charge in [-0.15, -0.1) is 11.3 Å². The highest BCUT2D eigenvalue weighted by Gasteiger charge is 2.30. The van der Waals surface area contributed by atoms with Crippen molar-refractivity contribution in [3.05, 3.63) is 64.6 Å². The molecule has 140 valence electrons. The zero-order valence-electron chi connectivity index (χ0n) is 14.5. The fraction of sp³-hybridized carbons (Fsp3) is 0.222. The molecule has 0 aliphatic carbocycles. The predicted octanol–water partition coefficient (Wildman–Crippen LogP) is 3.04. The summed E-state index contributed by atoms with van der Waals surface area (Å²) in [6.45, 7) is 2.53. The molecule has 0 bridgehead atoms. The van der Waals surface area contributed by atoms with Gasteiger partial charge in [-0.25, -0.2) is 13.4 Å². The van der Waals surface area contributed by atoms with Crippen LogP contribution in [0.15, 0.2) is 52.0 Å². The van der Waals surface area contributed by atoms with Crippen molar-refractivity contribution in [2.24, 2.45) is 0 Å². The van der Waals surface area contributed by atoms with Crippen LogP contribution in [0.3, 0.4) is 0 Å². The first-order valence-corrected chi connectivity index (χ1v) is 10.6. The number of hydrogen-bond acceptors (Lipinski definition) is 6. The molecule has 0 atom stereocenters. The molecule has 3 aromatic rings. The monoisotopic (exact) mass is 403 g/mol. The van der Waals surface area contributed by atoms with E-state index in [1.807, 2.05) is 6.92 Å². The Kier molecular flexibility index (Phi) is 4.58. The zero-order chi connectivity index (χ0) is 19.0. The van der Waals surface area contributed by atoms with Crippen LogP contribution in [-0.2, 0) is 23.0 Å². The molecule has 0 spiro atoms. The number of furan rings is 1. The third-order valence-corrected chi connectivity index (χ3v) is 7.18. The highest BCUT2D eigenvalue weighted by atomic mass is 32.2. The Bertz CT molecular complexity index is 1070. The minimum Gasteiger partial charge on any atom is -0.459 e. The molecule has 2 aromatic heterocycles. The number of thiazole rings is 1. The van der Waals surface area contributed by atoms with Gasteiger partial charge in [-0.05, 0) is 31.2 Å². The number of nitrogens with one attached hydrogen (secondary N) is 1. The molecule has 1 aromatic carbocycles. The Balaban J connectivity index is 1.52. The first-order valence-electron chi connectivity index (χ1n) is 8.34. The minimum atomic E-state index is -3.56. The number of carbonyl (C=O) groups excluding carboxylic acids is 1. The van der Waals surface area contributed by atoms with Crippen LogP contribution in [0.5, 0.6) is 0 Å². The van der Waals surface area contributed by atoms with Gasteiger partial charge in [-0.1, -0.05) is 17.7 Å². The zero-order valence-corrected chi connectivity index (χ0v) is 16.1. The second-order valence-corrected chi connectivity index (χ2v) is 9.24. The van der Waals surface area contributed by atoms with Gasteiger partial charge in [0.05, 0.1) is 23.4 Å². The summed E-state index contributed by atoms with van der Waals surface area (Å²) < 4.78 is 32.3. The lowest BCUT2D eigenvalue weighted by Crippen LogP contribution is -2.35. The smallest absolute Gasteiger partial charge is 0.293 e. The van der Waals surface area contributed by atoms with Gasteiger partial charge in [-0.3, -0.25) is 10.1 Å². The Hall–Kier alpha value is -2.49. The van der Waals surface area contributed by atoms with Crippen LogP contribution in [0.25, 0.3) is 0 Å². The molecule has 1 aliphatic heterocycles. The van der Waals surface area contributed by atoms with Gasteiger partial charge in [-0.2, -0.15) is 4.31 Å². The van der Waals surface area contributed by atoms with Crippen LogP contribution in [0, 0.1) is 6.92 Å². The van der Waals surface area contributed by atoms with Crippen LogP contribution in [0.4, 0.5) is 5.13 Å². The predicted molar refractivity (Wildman–Crippen MR) is 101 cm³/mol. The summed E-state index contributed by atoms with van der Waals surface area (Å²) >= 11 is 1.29.